The summed E-state index contributed by atoms with van der Waals surface area (Å²) in [4.78, 5) is 15.2. The number of halogens is 7. The zero-order valence-corrected chi connectivity index (χ0v) is 17.9. The highest BCUT2D eigenvalue weighted by Gasteiger charge is 2.66. The second kappa shape index (κ2) is 9.15. The fraction of sp³-hybridized carbons (Fsp3) is 0.667. The zero-order valence-electron chi connectivity index (χ0n) is 17.9. The Labute approximate surface area is 190 Å². The minimum atomic E-state index is -5.58. The van der Waals surface area contributed by atoms with E-state index in [4.69, 9.17) is 4.74 Å². The van der Waals surface area contributed by atoms with E-state index in [1.54, 1.807) is 4.90 Å². The molecular formula is C21H24F7N3O3. The van der Waals surface area contributed by atoms with Crippen LogP contribution in [-0.4, -0.2) is 79.8 Å². The molecule has 0 spiro atoms. The van der Waals surface area contributed by atoms with Crippen LogP contribution >= 0.6 is 0 Å². The molecule has 4 rings (SSSR count). The molecule has 3 heterocycles. The summed E-state index contributed by atoms with van der Waals surface area (Å²) in [5.74, 6) is -7.73. The highest BCUT2D eigenvalue weighted by molar-refractivity contribution is 5.74. The monoisotopic (exact) mass is 499 g/mol. The summed E-state index contributed by atoms with van der Waals surface area (Å²) < 4.78 is 99.8. The summed E-state index contributed by atoms with van der Waals surface area (Å²) >= 11 is 0. The van der Waals surface area contributed by atoms with Gasteiger partial charge in [0.2, 0.25) is 0 Å². The van der Waals surface area contributed by atoms with Gasteiger partial charge in [-0.3, -0.25) is 9.69 Å². The Kier molecular flexibility index (Phi) is 6.73. The van der Waals surface area contributed by atoms with Crippen LogP contribution < -0.4 is 10.2 Å². The summed E-state index contributed by atoms with van der Waals surface area (Å²) in [6.07, 6.45) is -11.2. The second-order valence-corrected chi connectivity index (χ2v) is 8.96. The van der Waals surface area contributed by atoms with Gasteiger partial charge in [-0.1, -0.05) is 6.07 Å². The number of alkyl halides is 6. The second-order valence-electron chi connectivity index (χ2n) is 8.96. The van der Waals surface area contributed by atoms with Crippen LogP contribution in [0, 0.1) is 23.6 Å². The number of nitrogens with zero attached hydrogens (tertiary/aromatic N) is 2. The van der Waals surface area contributed by atoms with Gasteiger partial charge in [-0.2, -0.15) is 26.3 Å². The number of carboxylic acid groups (broad SMARTS) is 1. The van der Waals surface area contributed by atoms with Gasteiger partial charge in [-0.05, 0) is 23.6 Å². The van der Waals surface area contributed by atoms with E-state index in [1.807, 2.05) is 4.90 Å². The molecule has 1 aromatic carbocycles. The first-order valence-electron chi connectivity index (χ1n) is 10.8. The third-order valence-corrected chi connectivity index (χ3v) is 6.87. The molecule has 3 aliphatic heterocycles. The van der Waals surface area contributed by atoms with E-state index in [1.165, 1.54) is 18.2 Å². The van der Waals surface area contributed by atoms with Crippen molar-refractivity contribution in [1.29, 1.82) is 0 Å². The number of aliphatic carboxylic acids is 1. The molecule has 34 heavy (non-hydrogen) atoms. The number of fused-ring (bicyclic) bond motifs is 1. The maximum Gasteiger partial charge on any atom is 0.402 e. The number of rotatable bonds is 5. The first-order valence-corrected chi connectivity index (χ1v) is 10.8. The summed E-state index contributed by atoms with van der Waals surface area (Å²) in [5, 5.41) is 11.6. The fourth-order valence-corrected chi connectivity index (χ4v) is 5.46. The first-order chi connectivity index (χ1) is 15.9. The van der Waals surface area contributed by atoms with Gasteiger partial charge in [-0.25, -0.2) is 4.39 Å². The number of nitrogens with one attached hydrogen (secondary N) is 1. The Bertz CT molecular complexity index is 891. The quantitative estimate of drug-likeness (QED) is 0.608. The average Bonchev–Trinajstić information content (AvgIpc) is 3.27. The van der Waals surface area contributed by atoms with Crippen molar-refractivity contribution in [3.05, 3.63) is 29.6 Å². The largest absolute Gasteiger partial charge is 0.480 e. The van der Waals surface area contributed by atoms with Crippen molar-refractivity contribution in [3.8, 4) is 0 Å². The van der Waals surface area contributed by atoms with Crippen molar-refractivity contribution in [3.63, 3.8) is 0 Å². The molecule has 6 nitrogen and oxygen atoms in total. The Hall–Kier alpha value is -2.12. The van der Waals surface area contributed by atoms with Crippen LogP contribution in [0.5, 0.6) is 0 Å². The van der Waals surface area contributed by atoms with E-state index < -0.39 is 54.0 Å². The Balaban J connectivity index is 1.58. The minimum Gasteiger partial charge on any atom is -0.480 e. The molecule has 1 aromatic rings. The van der Waals surface area contributed by atoms with Gasteiger partial charge in [-0.15, -0.1) is 0 Å². The number of hydrogen-bond donors (Lipinski definition) is 2. The smallest absolute Gasteiger partial charge is 0.402 e. The van der Waals surface area contributed by atoms with Crippen LogP contribution in [0.2, 0.25) is 0 Å². The number of morpholine rings is 1. The summed E-state index contributed by atoms with van der Waals surface area (Å²) in [5.41, 5.74) is 1.23. The van der Waals surface area contributed by atoms with Gasteiger partial charge in [0.15, 0.2) is 5.92 Å². The number of likely N-dealkylation sites (tertiary alicyclic amines) is 1. The minimum absolute atomic E-state index is 0.00744. The van der Waals surface area contributed by atoms with Crippen molar-refractivity contribution >= 4 is 11.7 Å². The lowest BCUT2D eigenvalue weighted by Crippen LogP contribution is -2.53. The lowest BCUT2D eigenvalue weighted by atomic mass is 9.84. The molecule has 3 fully saturated rings. The number of carbonyl (C=O) groups is 1. The number of carboxylic acids is 1. The van der Waals surface area contributed by atoms with Crippen molar-refractivity contribution < 1.29 is 45.4 Å². The van der Waals surface area contributed by atoms with Crippen molar-refractivity contribution in [2.24, 2.45) is 17.8 Å². The normalized spacial score (nSPS) is 28.5. The third kappa shape index (κ3) is 4.96. The van der Waals surface area contributed by atoms with Crippen molar-refractivity contribution in [2.45, 2.75) is 31.0 Å². The van der Waals surface area contributed by atoms with E-state index >= 15 is 0 Å². The molecule has 0 aromatic heterocycles. The number of benzene rings is 1. The lowest BCUT2D eigenvalue weighted by molar-refractivity contribution is -0.293. The Morgan fingerprint density at radius 3 is 2.29 bits per heavy atom. The van der Waals surface area contributed by atoms with Crippen molar-refractivity contribution in [1.82, 2.24) is 10.2 Å². The summed E-state index contributed by atoms with van der Waals surface area (Å²) in [6, 6.07) is 0.476. The molecule has 190 valence electrons. The molecule has 2 N–H and O–H groups in total. The maximum absolute atomic E-state index is 13.9. The highest BCUT2D eigenvalue weighted by atomic mass is 19.4. The zero-order chi connectivity index (χ0) is 24.8. The van der Waals surface area contributed by atoms with Crippen LogP contribution in [-0.2, 0) is 16.1 Å². The van der Waals surface area contributed by atoms with Gasteiger partial charge in [0.05, 0.1) is 13.2 Å². The van der Waals surface area contributed by atoms with Gasteiger partial charge in [0.1, 0.15) is 11.9 Å². The first kappa shape index (κ1) is 25.0. The number of hydrogen-bond acceptors (Lipinski definition) is 5. The number of ether oxygens (including phenoxy) is 1. The van der Waals surface area contributed by atoms with Crippen LogP contribution in [0.4, 0.5) is 36.4 Å². The Morgan fingerprint density at radius 1 is 1.09 bits per heavy atom. The molecule has 0 bridgehead atoms. The Morgan fingerprint density at radius 2 is 1.71 bits per heavy atom. The van der Waals surface area contributed by atoms with Gasteiger partial charge in [0, 0.05) is 50.4 Å². The predicted octanol–water partition coefficient (Wildman–Crippen LogP) is 2.88. The van der Waals surface area contributed by atoms with Crippen LogP contribution in [0.25, 0.3) is 0 Å². The van der Waals surface area contributed by atoms with E-state index in [0.29, 0.717) is 37.6 Å². The van der Waals surface area contributed by atoms with Gasteiger partial charge in [0.25, 0.3) is 0 Å². The van der Waals surface area contributed by atoms with Crippen molar-refractivity contribution in [2.75, 3.05) is 44.3 Å². The summed E-state index contributed by atoms with van der Waals surface area (Å²) in [6.45, 7) is 1.90. The SMILES string of the molecule is O=C(O)C1NC(C(C(F)(F)F)C(F)(F)F)C2CN(Cc3ccc(F)cc3N3CCOCC3)CC12. The van der Waals surface area contributed by atoms with Crippen LogP contribution in [0.1, 0.15) is 5.56 Å². The number of anilines is 1. The molecule has 0 amide bonds. The standard InChI is InChI=1S/C21H24F7N3O3/c22-12-2-1-11(15(7-12)31-3-5-34-6-4-31)8-30-9-13-14(10-30)17(19(32)33)29-16(13)18(20(23,24)25)21(26,27)28/h1-2,7,13-14,16-18,29H,3-6,8-10H2,(H,32,33). The predicted molar refractivity (Wildman–Crippen MR) is 106 cm³/mol. The highest BCUT2D eigenvalue weighted by Crippen LogP contribution is 2.48. The topological polar surface area (TPSA) is 65.0 Å². The van der Waals surface area contributed by atoms with Gasteiger partial charge >= 0.3 is 18.3 Å². The molecular weight excluding hydrogens is 475 g/mol. The molecule has 3 aliphatic rings. The molecule has 0 radical (unpaired) electrons. The third-order valence-electron chi connectivity index (χ3n) is 6.87. The molecule has 4 unspecified atom stereocenters. The molecule has 13 heteroatoms. The van der Waals surface area contributed by atoms with E-state index in [-0.39, 0.29) is 19.6 Å². The molecule has 0 aliphatic carbocycles. The van der Waals surface area contributed by atoms with E-state index in [9.17, 15) is 40.6 Å². The maximum atomic E-state index is 13.9. The fourth-order valence-electron chi connectivity index (χ4n) is 5.46. The average molecular weight is 499 g/mol. The summed E-state index contributed by atoms with van der Waals surface area (Å²) in [7, 11) is 0. The molecule has 3 saturated heterocycles. The van der Waals surface area contributed by atoms with E-state index in [0.717, 1.165) is 0 Å². The van der Waals surface area contributed by atoms with Gasteiger partial charge < -0.3 is 20.1 Å². The van der Waals surface area contributed by atoms with E-state index in [2.05, 4.69) is 5.32 Å². The van der Waals surface area contributed by atoms with Crippen LogP contribution in [0.15, 0.2) is 18.2 Å². The lowest BCUT2D eigenvalue weighted by Gasteiger charge is -2.33. The molecule has 0 saturated carbocycles. The van der Waals surface area contributed by atoms with Crippen LogP contribution in [0.3, 0.4) is 0 Å². The molecule has 4 atom stereocenters.